The van der Waals surface area contributed by atoms with Crippen LogP contribution in [0.4, 0.5) is 5.88 Å². The van der Waals surface area contributed by atoms with Gasteiger partial charge in [0.15, 0.2) is 10.7 Å². The molecule has 0 aliphatic carbocycles. The van der Waals surface area contributed by atoms with Crippen LogP contribution < -0.4 is 19.8 Å². The number of hydrogen-bond acceptors (Lipinski definition) is 8. The van der Waals surface area contributed by atoms with Crippen LogP contribution >= 0.6 is 22.7 Å². The Morgan fingerprint density at radius 2 is 2.12 bits per heavy atom. The highest BCUT2D eigenvalue weighted by molar-refractivity contribution is 7.10. The number of ether oxygens (including phenoxy) is 1. The van der Waals surface area contributed by atoms with Gasteiger partial charge in [-0.2, -0.15) is 0 Å². The smallest absolute Gasteiger partial charge is 0.338 e. The third-order valence-corrected chi connectivity index (χ3v) is 7.54. The zero-order valence-corrected chi connectivity index (χ0v) is 19.5. The highest BCUT2D eigenvalue weighted by Crippen LogP contribution is 2.33. The van der Waals surface area contributed by atoms with Crippen LogP contribution in [-0.4, -0.2) is 30.2 Å². The maximum absolute atomic E-state index is 13.5. The van der Waals surface area contributed by atoms with Crippen molar-refractivity contribution in [3.05, 3.63) is 71.2 Å². The molecule has 32 heavy (non-hydrogen) atoms. The van der Waals surface area contributed by atoms with E-state index in [0.29, 0.717) is 26.4 Å². The summed E-state index contributed by atoms with van der Waals surface area (Å²) >= 11 is 2.80. The molecule has 1 fully saturated rings. The van der Waals surface area contributed by atoms with Crippen LogP contribution in [0.25, 0.3) is 6.08 Å². The topological polar surface area (TPSA) is 77.0 Å². The lowest BCUT2D eigenvalue weighted by Gasteiger charge is -2.23. The number of carbonyl (C=O) groups excluding carboxylic acids is 1. The number of hydrogen-bond donors (Lipinski definition) is 0. The molecule has 0 amide bonds. The normalized spacial score (nSPS) is 18.8. The fourth-order valence-electron chi connectivity index (χ4n) is 4.16. The van der Waals surface area contributed by atoms with Gasteiger partial charge in [0, 0.05) is 30.1 Å². The zero-order chi connectivity index (χ0) is 22.2. The molecule has 0 saturated carbocycles. The Morgan fingerprint density at radius 1 is 1.31 bits per heavy atom. The van der Waals surface area contributed by atoms with Crippen LogP contribution in [0.5, 0.6) is 0 Å². The second kappa shape index (κ2) is 8.55. The van der Waals surface area contributed by atoms with Crippen LogP contribution in [0.1, 0.15) is 43.4 Å². The first-order valence-corrected chi connectivity index (χ1v) is 12.3. The average Bonchev–Trinajstić information content (AvgIpc) is 3.57. The number of carbonyl (C=O) groups is 1. The first-order chi connectivity index (χ1) is 15.6. The third-order valence-electron chi connectivity index (χ3n) is 5.63. The molecule has 166 valence electrons. The SMILES string of the molecule is CCOC(=O)C1=C(C)N=c2sc(=Cc3ccc(N4CCCC4)o3)c(=O)n2C1c1cccs1. The number of thiazole rings is 1. The predicted octanol–water partition coefficient (Wildman–Crippen LogP) is 3.05. The summed E-state index contributed by atoms with van der Waals surface area (Å²) in [5.41, 5.74) is 0.784. The maximum atomic E-state index is 13.5. The monoisotopic (exact) mass is 469 g/mol. The lowest BCUT2D eigenvalue weighted by atomic mass is 10.0. The van der Waals surface area contributed by atoms with Crippen molar-refractivity contribution in [3.63, 3.8) is 0 Å². The summed E-state index contributed by atoms with van der Waals surface area (Å²) in [5.74, 6) is 1.02. The van der Waals surface area contributed by atoms with E-state index in [1.165, 1.54) is 35.5 Å². The van der Waals surface area contributed by atoms with Crippen LogP contribution in [0.3, 0.4) is 0 Å². The number of aromatic nitrogens is 1. The van der Waals surface area contributed by atoms with Gasteiger partial charge in [-0.05, 0) is 44.2 Å². The van der Waals surface area contributed by atoms with Gasteiger partial charge in [0.05, 0.1) is 22.4 Å². The summed E-state index contributed by atoms with van der Waals surface area (Å²) in [4.78, 5) is 34.5. The van der Waals surface area contributed by atoms with Crippen LogP contribution in [0.15, 0.2) is 55.1 Å². The molecule has 1 saturated heterocycles. The molecule has 0 N–H and O–H groups in total. The number of thiophene rings is 1. The van der Waals surface area contributed by atoms with Crippen molar-refractivity contribution < 1.29 is 13.9 Å². The molecular formula is C23H23N3O4S2. The van der Waals surface area contributed by atoms with E-state index in [4.69, 9.17) is 9.15 Å². The Kier molecular flexibility index (Phi) is 5.60. The van der Waals surface area contributed by atoms with Crippen LogP contribution in [0.2, 0.25) is 0 Å². The molecule has 0 bridgehead atoms. The van der Waals surface area contributed by atoms with E-state index in [0.717, 1.165) is 23.9 Å². The second-order valence-electron chi connectivity index (χ2n) is 7.69. The van der Waals surface area contributed by atoms with E-state index < -0.39 is 12.0 Å². The minimum Gasteiger partial charge on any atom is -0.463 e. The molecule has 7 nitrogen and oxygen atoms in total. The minimum atomic E-state index is -0.552. The molecule has 1 atom stereocenters. The van der Waals surface area contributed by atoms with Crippen molar-refractivity contribution in [2.75, 3.05) is 24.6 Å². The van der Waals surface area contributed by atoms with Gasteiger partial charge in [0.2, 0.25) is 0 Å². The molecule has 5 heterocycles. The highest BCUT2D eigenvalue weighted by atomic mass is 32.1. The van der Waals surface area contributed by atoms with E-state index >= 15 is 0 Å². The van der Waals surface area contributed by atoms with Gasteiger partial charge >= 0.3 is 5.97 Å². The van der Waals surface area contributed by atoms with Crippen molar-refractivity contribution in [1.82, 2.24) is 4.57 Å². The van der Waals surface area contributed by atoms with E-state index in [1.54, 1.807) is 24.5 Å². The first kappa shape index (κ1) is 21.0. The zero-order valence-electron chi connectivity index (χ0n) is 17.9. The lowest BCUT2D eigenvalue weighted by Crippen LogP contribution is -2.39. The van der Waals surface area contributed by atoms with E-state index in [1.807, 2.05) is 29.6 Å². The second-order valence-corrected chi connectivity index (χ2v) is 9.68. The molecule has 1 unspecified atom stereocenters. The average molecular weight is 470 g/mol. The molecule has 2 aliphatic rings. The number of anilines is 1. The number of nitrogens with zero attached hydrogens (tertiary/aromatic N) is 3. The Balaban J connectivity index is 1.61. The number of esters is 1. The Morgan fingerprint density at radius 3 is 2.84 bits per heavy atom. The maximum Gasteiger partial charge on any atom is 0.338 e. The molecule has 3 aromatic rings. The van der Waals surface area contributed by atoms with Crippen molar-refractivity contribution in [2.45, 2.75) is 32.7 Å². The van der Waals surface area contributed by atoms with Gasteiger partial charge in [0.25, 0.3) is 5.56 Å². The lowest BCUT2D eigenvalue weighted by molar-refractivity contribution is -0.139. The Labute approximate surface area is 192 Å². The minimum absolute atomic E-state index is 0.194. The Hall–Kier alpha value is -2.91. The van der Waals surface area contributed by atoms with E-state index in [-0.39, 0.29) is 12.2 Å². The van der Waals surface area contributed by atoms with E-state index in [9.17, 15) is 9.59 Å². The summed E-state index contributed by atoms with van der Waals surface area (Å²) in [6, 6.07) is 7.13. The van der Waals surface area contributed by atoms with E-state index in [2.05, 4.69) is 9.89 Å². The molecule has 9 heteroatoms. The largest absolute Gasteiger partial charge is 0.463 e. The fourth-order valence-corrected chi connectivity index (χ4v) is 6.01. The molecule has 3 aromatic heterocycles. The fraction of sp³-hybridized carbons (Fsp3) is 0.348. The summed E-state index contributed by atoms with van der Waals surface area (Å²) < 4.78 is 13.4. The molecule has 0 aromatic carbocycles. The molecule has 0 radical (unpaired) electrons. The number of allylic oxidation sites excluding steroid dienone is 1. The van der Waals surface area contributed by atoms with Gasteiger partial charge in [-0.25, -0.2) is 9.79 Å². The molecule has 0 spiro atoms. The predicted molar refractivity (Wildman–Crippen MR) is 125 cm³/mol. The van der Waals surface area contributed by atoms with Gasteiger partial charge in [-0.1, -0.05) is 17.4 Å². The molecule has 5 rings (SSSR count). The van der Waals surface area contributed by atoms with Crippen molar-refractivity contribution in [3.8, 4) is 0 Å². The summed E-state index contributed by atoms with van der Waals surface area (Å²) in [6.45, 7) is 5.80. The summed E-state index contributed by atoms with van der Waals surface area (Å²) in [7, 11) is 0. The summed E-state index contributed by atoms with van der Waals surface area (Å²) in [6.07, 6.45) is 4.09. The number of rotatable bonds is 5. The highest BCUT2D eigenvalue weighted by Gasteiger charge is 2.33. The van der Waals surface area contributed by atoms with Crippen molar-refractivity contribution in [2.24, 2.45) is 4.99 Å². The van der Waals surface area contributed by atoms with Gasteiger partial charge in [-0.15, -0.1) is 11.3 Å². The Bertz CT molecular complexity index is 1350. The first-order valence-electron chi connectivity index (χ1n) is 10.6. The number of furan rings is 1. The van der Waals surface area contributed by atoms with Crippen molar-refractivity contribution >= 4 is 40.6 Å². The third kappa shape index (κ3) is 3.65. The van der Waals surface area contributed by atoms with Crippen molar-refractivity contribution in [1.29, 1.82) is 0 Å². The van der Waals surface area contributed by atoms with Gasteiger partial charge in [0.1, 0.15) is 11.8 Å². The quantitative estimate of drug-likeness (QED) is 0.537. The summed E-state index contributed by atoms with van der Waals surface area (Å²) in [5, 5.41) is 1.94. The van der Waals surface area contributed by atoms with Crippen LogP contribution in [-0.2, 0) is 9.53 Å². The van der Waals surface area contributed by atoms with Gasteiger partial charge in [-0.3, -0.25) is 9.36 Å². The van der Waals surface area contributed by atoms with Crippen LogP contribution in [0, 0.1) is 0 Å². The molecule has 2 aliphatic heterocycles. The number of fused-ring (bicyclic) bond motifs is 1. The standard InChI is InChI=1S/C23H23N3O4S2/c1-3-29-22(28)19-14(2)24-23-26(20(19)16-7-6-12-31-16)21(27)17(32-23)13-15-8-9-18(30-15)25-10-4-5-11-25/h6-9,12-13,20H,3-5,10-11H2,1-2H3. The molecular weight excluding hydrogens is 446 g/mol. The van der Waals surface area contributed by atoms with Gasteiger partial charge < -0.3 is 14.1 Å².